The minimum absolute atomic E-state index is 0.0815. The third-order valence-corrected chi connectivity index (χ3v) is 6.29. The first-order valence-electron chi connectivity index (χ1n) is 8.97. The van der Waals surface area contributed by atoms with Crippen LogP contribution in [-0.2, 0) is 16.0 Å². The lowest BCUT2D eigenvalue weighted by Crippen LogP contribution is -2.40. The summed E-state index contributed by atoms with van der Waals surface area (Å²) in [5, 5.41) is 0. The van der Waals surface area contributed by atoms with Crippen molar-refractivity contribution in [2.75, 3.05) is 26.8 Å². The van der Waals surface area contributed by atoms with Crippen LogP contribution in [0.5, 0.6) is 11.5 Å². The standard InChI is InChI=1S/C19H23NO4/c1-22-17-4-2-3-11-7-12(10-23-18(11)17)19(21)20-8-13-14(9-20)16-6-5-15(13)24-16/h2-4,12-16H,5-10H2,1H3/t12-,13-,14+,15+,16-/m0/s1. The number of hydrogen-bond donors (Lipinski definition) is 0. The predicted octanol–water partition coefficient (Wildman–Crippen LogP) is 1.88. The lowest BCUT2D eigenvalue weighted by Gasteiger charge is -2.29. The Labute approximate surface area is 141 Å². The molecule has 3 fully saturated rings. The van der Waals surface area contributed by atoms with Crippen LogP contribution in [-0.4, -0.2) is 49.8 Å². The van der Waals surface area contributed by atoms with E-state index in [0.29, 0.717) is 30.7 Å². The van der Waals surface area contributed by atoms with Gasteiger partial charge in [-0.2, -0.15) is 0 Å². The molecule has 5 atom stereocenters. The summed E-state index contributed by atoms with van der Waals surface area (Å²) >= 11 is 0. The highest BCUT2D eigenvalue weighted by Crippen LogP contribution is 2.47. The molecule has 3 saturated heterocycles. The van der Waals surface area contributed by atoms with E-state index in [1.54, 1.807) is 7.11 Å². The zero-order chi connectivity index (χ0) is 16.3. The molecule has 4 heterocycles. The van der Waals surface area contributed by atoms with Gasteiger partial charge in [0.1, 0.15) is 6.61 Å². The summed E-state index contributed by atoms with van der Waals surface area (Å²) < 4.78 is 17.3. The van der Waals surface area contributed by atoms with Crippen molar-refractivity contribution in [3.8, 4) is 11.5 Å². The summed E-state index contributed by atoms with van der Waals surface area (Å²) in [6.07, 6.45) is 3.87. The zero-order valence-electron chi connectivity index (χ0n) is 13.9. The fraction of sp³-hybridized carbons (Fsp3) is 0.632. The Bertz CT molecular complexity index is 657. The number of nitrogens with zero attached hydrogens (tertiary/aromatic N) is 1. The molecule has 0 N–H and O–H groups in total. The highest BCUT2D eigenvalue weighted by molar-refractivity contribution is 5.80. The Hall–Kier alpha value is -1.75. The number of ether oxygens (including phenoxy) is 3. The minimum atomic E-state index is -0.0815. The Balaban J connectivity index is 1.30. The van der Waals surface area contributed by atoms with Gasteiger partial charge in [0.2, 0.25) is 5.91 Å². The molecule has 0 saturated carbocycles. The summed E-state index contributed by atoms with van der Waals surface area (Å²) in [5.74, 6) is 2.84. The minimum Gasteiger partial charge on any atom is -0.493 e. The first-order valence-corrected chi connectivity index (χ1v) is 8.97. The largest absolute Gasteiger partial charge is 0.493 e. The summed E-state index contributed by atoms with van der Waals surface area (Å²) in [4.78, 5) is 15.1. The molecule has 1 aromatic rings. The Kier molecular flexibility index (Phi) is 3.27. The number of methoxy groups -OCH3 is 1. The number of fused-ring (bicyclic) bond motifs is 6. The number of carbonyl (C=O) groups excluding carboxylic acids is 1. The molecule has 0 radical (unpaired) electrons. The van der Waals surface area contributed by atoms with Crippen molar-refractivity contribution >= 4 is 5.91 Å². The second-order valence-corrected chi connectivity index (χ2v) is 7.52. The van der Waals surface area contributed by atoms with Gasteiger partial charge >= 0.3 is 0 Å². The van der Waals surface area contributed by atoms with Crippen LogP contribution in [0.2, 0.25) is 0 Å². The number of amides is 1. The van der Waals surface area contributed by atoms with Gasteiger partial charge in [-0.3, -0.25) is 4.79 Å². The molecule has 0 spiro atoms. The predicted molar refractivity (Wildman–Crippen MR) is 87.1 cm³/mol. The van der Waals surface area contributed by atoms with E-state index in [1.807, 2.05) is 18.2 Å². The van der Waals surface area contributed by atoms with Gasteiger partial charge in [-0.15, -0.1) is 0 Å². The van der Waals surface area contributed by atoms with E-state index in [0.717, 1.165) is 36.6 Å². The maximum atomic E-state index is 13.0. The van der Waals surface area contributed by atoms with Gasteiger partial charge in [0.05, 0.1) is 25.2 Å². The summed E-state index contributed by atoms with van der Waals surface area (Å²) in [7, 11) is 1.65. The summed E-state index contributed by atoms with van der Waals surface area (Å²) in [6.45, 7) is 2.18. The smallest absolute Gasteiger partial charge is 0.229 e. The Morgan fingerprint density at radius 1 is 1.21 bits per heavy atom. The summed E-state index contributed by atoms with van der Waals surface area (Å²) in [5.41, 5.74) is 1.07. The molecule has 5 rings (SSSR count). The first-order chi connectivity index (χ1) is 11.7. The maximum absolute atomic E-state index is 13.0. The molecule has 0 aliphatic carbocycles. The summed E-state index contributed by atoms with van der Waals surface area (Å²) in [6, 6.07) is 5.89. The van der Waals surface area contributed by atoms with Gasteiger partial charge < -0.3 is 19.1 Å². The average molecular weight is 329 g/mol. The van der Waals surface area contributed by atoms with Crippen molar-refractivity contribution in [2.24, 2.45) is 17.8 Å². The van der Waals surface area contributed by atoms with Crippen LogP contribution in [0.25, 0.3) is 0 Å². The van der Waals surface area contributed by atoms with Crippen molar-refractivity contribution in [3.05, 3.63) is 23.8 Å². The van der Waals surface area contributed by atoms with Crippen molar-refractivity contribution in [2.45, 2.75) is 31.5 Å². The van der Waals surface area contributed by atoms with Crippen molar-refractivity contribution in [3.63, 3.8) is 0 Å². The second kappa shape index (κ2) is 5.38. The molecule has 4 aliphatic rings. The number of para-hydroxylation sites is 1. The van der Waals surface area contributed by atoms with Crippen molar-refractivity contribution in [1.82, 2.24) is 4.90 Å². The molecule has 1 aromatic carbocycles. The van der Waals surface area contributed by atoms with Gasteiger partial charge in [-0.25, -0.2) is 0 Å². The quantitative estimate of drug-likeness (QED) is 0.831. The van der Waals surface area contributed by atoms with E-state index in [-0.39, 0.29) is 11.8 Å². The van der Waals surface area contributed by atoms with E-state index < -0.39 is 0 Å². The monoisotopic (exact) mass is 329 g/mol. The van der Waals surface area contributed by atoms with Crippen LogP contribution in [0.3, 0.4) is 0 Å². The molecular weight excluding hydrogens is 306 g/mol. The molecule has 128 valence electrons. The number of hydrogen-bond acceptors (Lipinski definition) is 4. The SMILES string of the molecule is COc1cccc2c1OC[C@@H](C(=O)N1C[C@@H]3[C@H](C1)[C@H]1CC[C@@H]3O1)C2. The van der Waals surface area contributed by atoms with Crippen LogP contribution >= 0.6 is 0 Å². The van der Waals surface area contributed by atoms with Crippen LogP contribution in [0.4, 0.5) is 0 Å². The first kappa shape index (κ1) is 14.6. The van der Waals surface area contributed by atoms with E-state index in [1.165, 1.54) is 12.8 Å². The molecule has 2 bridgehead atoms. The van der Waals surface area contributed by atoms with Gasteiger partial charge in [-0.05, 0) is 30.9 Å². The lowest BCUT2D eigenvalue weighted by atomic mass is 9.82. The normalized spacial score (nSPS) is 36.2. The van der Waals surface area contributed by atoms with Gasteiger partial charge in [-0.1, -0.05) is 12.1 Å². The molecule has 1 amide bonds. The van der Waals surface area contributed by atoms with Gasteiger partial charge in [0.15, 0.2) is 11.5 Å². The fourth-order valence-electron chi connectivity index (χ4n) is 5.11. The average Bonchev–Trinajstić information content (AvgIpc) is 3.32. The molecular formula is C19H23NO4. The molecule has 0 unspecified atom stereocenters. The zero-order valence-corrected chi connectivity index (χ0v) is 13.9. The Morgan fingerprint density at radius 3 is 2.67 bits per heavy atom. The number of likely N-dealkylation sites (tertiary alicyclic amines) is 1. The highest BCUT2D eigenvalue weighted by atomic mass is 16.5. The van der Waals surface area contributed by atoms with Crippen LogP contribution in [0.15, 0.2) is 18.2 Å². The second-order valence-electron chi connectivity index (χ2n) is 7.52. The van der Waals surface area contributed by atoms with E-state index in [9.17, 15) is 4.79 Å². The molecule has 24 heavy (non-hydrogen) atoms. The highest BCUT2D eigenvalue weighted by Gasteiger charge is 2.54. The molecule has 5 nitrogen and oxygen atoms in total. The molecule has 0 aromatic heterocycles. The molecule has 4 aliphatic heterocycles. The van der Waals surface area contributed by atoms with Crippen LogP contribution < -0.4 is 9.47 Å². The van der Waals surface area contributed by atoms with Gasteiger partial charge in [0, 0.05) is 24.9 Å². The van der Waals surface area contributed by atoms with Crippen LogP contribution in [0.1, 0.15) is 18.4 Å². The number of carbonyl (C=O) groups is 1. The van der Waals surface area contributed by atoms with Crippen molar-refractivity contribution in [1.29, 1.82) is 0 Å². The Morgan fingerprint density at radius 2 is 1.96 bits per heavy atom. The van der Waals surface area contributed by atoms with Crippen molar-refractivity contribution < 1.29 is 19.0 Å². The number of rotatable bonds is 2. The number of benzene rings is 1. The molecule has 5 heteroatoms. The maximum Gasteiger partial charge on any atom is 0.229 e. The third kappa shape index (κ3) is 2.07. The van der Waals surface area contributed by atoms with Crippen LogP contribution in [0, 0.1) is 17.8 Å². The third-order valence-electron chi connectivity index (χ3n) is 6.29. The topological polar surface area (TPSA) is 48.0 Å². The van der Waals surface area contributed by atoms with E-state index in [2.05, 4.69) is 4.90 Å². The van der Waals surface area contributed by atoms with E-state index >= 15 is 0 Å². The van der Waals surface area contributed by atoms with Gasteiger partial charge in [0.25, 0.3) is 0 Å². The lowest BCUT2D eigenvalue weighted by molar-refractivity contribution is -0.136. The van der Waals surface area contributed by atoms with E-state index in [4.69, 9.17) is 14.2 Å². The fourth-order valence-corrected chi connectivity index (χ4v) is 5.11.